The Balaban J connectivity index is 2.35. The highest BCUT2D eigenvalue weighted by Crippen LogP contribution is 2.09. The van der Waals surface area contributed by atoms with E-state index in [9.17, 15) is 0 Å². The van der Waals surface area contributed by atoms with Gasteiger partial charge < -0.3 is 15.7 Å². The Bertz CT molecular complexity index is 311. The number of ether oxygens (including phenoxy) is 1. The highest BCUT2D eigenvalue weighted by molar-refractivity contribution is 6.30. The summed E-state index contributed by atoms with van der Waals surface area (Å²) in [7, 11) is 0. The van der Waals surface area contributed by atoms with Crippen LogP contribution in [0, 0.1) is 0 Å². The lowest BCUT2D eigenvalue weighted by Crippen LogP contribution is -2.18. The molecule has 0 radical (unpaired) electrons. The third-order valence-electron chi connectivity index (χ3n) is 1.56. The summed E-state index contributed by atoms with van der Waals surface area (Å²) in [5, 5.41) is 11.7. The van der Waals surface area contributed by atoms with Gasteiger partial charge in [-0.3, -0.25) is 0 Å². The molecule has 0 fully saturated rings. The lowest BCUT2D eigenvalue weighted by molar-refractivity contribution is 0.154. The van der Waals surface area contributed by atoms with Gasteiger partial charge in [-0.25, -0.2) is 0 Å². The summed E-state index contributed by atoms with van der Waals surface area (Å²) in [6, 6.07) is 7.27. The van der Waals surface area contributed by atoms with E-state index in [1.54, 1.807) is 12.1 Å². The standard InChI is InChI=1S/C9H11ClN2O2/c10-8-3-1-7(2-4-8)5-14-6-9(11)12-13/h1-4,13H,5-6H2,(H2,11,12). The molecule has 0 aromatic heterocycles. The fourth-order valence-electron chi connectivity index (χ4n) is 0.883. The maximum Gasteiger partial charge on any atom is 0.165 e. The number of hydrogen-bond acceptors (Lipinski definition) is 3. The van der Waals surface area contributed by atoms with Gasteiger partial charge in [0.2, 0.25) is 0 Å². The number of nitrogens with zero attached hydrogens (tertiary/aromatic N) is 1. The SMILES string of the molecule is NC(COCc1ccc(Cl)cc1)=NO. The van der Waals surface area contributed by atoms with Crippen molar-refractivity contribution in [2.24, 2.45) is 10.9 Å². The fraction of sp³-hybridized carbons (Fsp3) is 0.222. The van der Waals surface area contributed by atoms with Gasteiger partial charge in [0.1, 0.15) is 6.61 Å². The zero-order valence-electron chi connectivity index (χ0n) is 7.48. The van der Waals surface area contributed by atoms with Crippen molar-refractivity contribution in [3.8, 4) is 0 Å². The van der Waals surface area contributed by atoms with Gasteiger partial charge in [-0.15, -0.1) is 0 Å². The molecule has 0 saturated carbocycles. The summed E-state index contributed by atoms with van der Waals surface area (Å²) < 4.78 is 5.15. The molecule has 76 valence electrons. The first-order valence-corrected chi connectivity index (χ1v) is 4.39. The Labute approximate surface area is 86.9 Å². The molecule has 0 aliphatic heterocycles. The monoisotopic (exact) mass is 214 g/mol. The average molecular weight is 215 g/mol. The summed E-state index contributed by atoms with van der Waals surface area (Å²) in [5.41, 5.74) is 6.20. The highest BCUT2D eigenvalue weighted by Gasteiger charge is 1.95. The Morgan fingerprint density at radius 2 is 2.07 bits per heavy atom. The molecule has 0 aliphatic rings. The summed E-state index contributed by atoms with van der Waals surface area (Å²) in [4.78, 5) is 0. The van der Waals surface area contributed by atoms with Gasteiger partial charge >= 0.3 is 0 Å². The van der Waals surface area contributed by atoms with Crippen molar-refractivity contribution in [2.45, 2.75) is 6.61 Å². The minimum atomic E-state index is 0.0546. The van der Waals surface area contributed by atoms with Gasteiger partial charge in [-0.1, -0.05) is 28.9 Å². The van der Waals surface area contributed by atoms with E-state index in [0.717, 1.165) is 5.56 Å². The van der Waals surface area contributed by atoms with E-state index >= 15 is 0 Å². The van der Waals surface area contributed by atoms with Gasteiger partial charge in [-0.2, -0.15) is 0 Å². The second-order valence-corrected chi connectivity index (χ2v) is 3.15. The summed E-state index contributed by atoms with van der Waals surface area (Å²) in [6.45, 7) is 0.520. The van der Waals surface area contributed by atoms with Crippen LogP contribution < -0.4 is 5.73 Å². The van der Waals surface area contributed by atoms with Crippen molar-refractivity contribution in [1.29, 1.82) is 0 Å². The first kappa shape index (κ1) is 10.8. The van der Waals surface area contributed by atoms with Crippen LogP contribution in [0.15, 0.2) is 29.4 Å². The largest absolute Gasteiger partial charge is 0.409 e. The van der Waals surface area contributed by atoms with Gasteiger partial charge in [0.05, 0.1) is 6.61 Å². The molecule has 0 unspecified atom stereocenters. The fourth-order valence-corrected chi connectivity index (χ4v) is 1.01. The minimum Gasteiger partial charge on any atom is -0.409 e. The number of halogens is 1. The molecule has 0 saturated heterocycles. The van der Waals surface area contributed by atoms with E-state index < -0.39 is 0 Å². The Morgan fingerprint density at radius 3 is 2.64 bits per heavy atom. The quantitative estimate of drug-likeness (QED) is 0.346. The molecule has 1 aromatic rings. The predicted molar refractivity (Wildman–Crippen MR) is 54.5 cm³/mol. The zero-order chi connectivity index (χ0) is 10.4. The molecule has 14 heavy (non-hydrogen) atoms. The third-order valence-corrected chi connectivity index (χ3v) is 1.81. The summed E-state index contributed by atoms with van der Waals surface area (Å²) >= 11 is 5.71. The van der Waals surface area contributed by atoms with Crippen LogP contribution in [0.1, 0.15) is 5.56 Å². The Hall–Kier alpha value is -1.26. The second-order valence-electron chi connectivity index (χ2n) is 2.71. The maximum atomic E-state index is 8.23. The molecule has 0 spiro atoms. The van der Waals surface area contributed by atoms with Crippen molar-refractivity contribution in [3.05, 3.63) is 34.9 Å². The molecule has 1 aromatic carbocycles. The molecule has 0 atom stereocenters. The van der Waals surface area contributed by atoms with Crippen LogP contribution in [0.2, 0.25) is 5.02 Å². The van der Waals surface area contributed by atoms with Crippen molar-refractivity contribution in [3.63, 3.8) is 0 Å². The van der Waals surface area contributed by atoms with Gasteiger partial charge in [0.15, 0.2) is 5.84 Å². The smallest absolute Gasteiger partial charge is 0.165 e. The second kappa shape index (κ2) is 5.47. The zero-order valence-corrected chi connectivity index (χ0v) is 8.24. The summed E-state index contributed by atoms with van der Waals surface area (Å²) in [5.74, 6) is 0.0546. The number of rotatable bonds is 4. The van der Waals surface area contributed by atoms with E-state index in [1.807, 2.05) is 12.1 Å². The van der Waals surface area contributed by atoms with Crippen LogP contribution >= 0.6 is 11.6 Å². The number of oxime groups is 1. The van der Waals surface area contributed by atoms with Crippen LogP contribution in [-0.4, -0.2) is 17.6 Å². The highest BCUT2D eigenvalue weighted by atomic mass is 35.5. The maximum absolute atomic E-state index is 8.23. The molecule has 0 aliphatic carbocycles. The van der Waals surface area contributed by atoms with Crippen LogP contribution in [0.4, 0.5) is 0 Å². The van der Waals surface area contributed by atoms with E-state index in [1.165, 1.54) is 0 Å². The molecule has 4 nitrogen and oxygen atoms in total. The van der Waals surface area contributed by atoms with Crippen molar-refractivity contribution in [2.75, 3.05) is 6.61 Å². The minimum absolute atomic E-state index is 0.0546. The molecule has 0 amide bonds. The molecular weight excluding hydrogens is 204 g/mol. The molecule has 1 rings (SSSR count). The van der Waals surface area contributed by atoms with E-state index in [2.05, 4.69) is 5.16 Å². The van der Waals surface area contributed by atoms with Crippen molar-refractivity contribution < 1.29 is 9.94 Å². The van der Waals surface area contributed by atoms with Crippen molar-refractivity contribution >= 4 is 17.4 Å². The van der Waals surface area contributed by atoms with Gasteiger partial charge in [-0.05, 0) is 17.7 Å². The Morgan fingerprint density at radius 1 is 1.43 bits per heavy atom. The first-order chi connectivity index (χ1) is 6.72. The third kappa shape index (κ3) is 3.64. The van der Waals surface area contributed by atoms with Crippen LogP contribution in [0.5, 0.6) is 0 Å². The normalized spacial score (nSPS) is 11.6. The molecule has 3 N–H and O–H groups in total. The lowest BCUT2D eigenvalue weighted by Gasteiger charge is -2.02. The first-order valence-electron chi connectivity index (χ1n) is 4.01. The molecular formula is C9H11ClN2O2. The van der Waals surface area contributed by atoms with E-state index in [-0.39, 0.29) is 12.4 Å². The Kier molecular flexibility index (Phi) is 4.22. The predicted octanol–water partition coefficient (Wildman–Crippen LogP) is 1.60. The number of amidine groups is 1. The van der Waals surface area contributed by atoms with Crippen molar-refractivity contribution in [1.82, 2.24) is 0 Å². The van der Waals surface area contributed by atoms with E-state index in [4.69, 9.17) is 27.3 Å². The van der Waals surface area contributed by atoms with Crippen LogP contribution in [0.25, 0.3) is 0 Å². The van der Waals surface area contributed by atoms with Crippen LogP contribution in [-0.2, 0) is 11.3 Å². The lowest BCUT2D eigenvalue weighted by atomic mass is 10.2. The number of nitrogens with two attached hydrogens (primary N) is 1. The number of benzene rings is 1. The van der Waals surface area contributed by atoms with E-state index in [0.29, 0.717) is 11.6 Å². The molecule has 0 heterocycles. The molecule has 5 heteroatoms. The summed E-state index contributed by atoms with van der Waals surface area (Å²) in [6.07, 6.45) is 0. The van der Waals surface area contributed by atoms with Gasteiger partial charge in [0.25, 0.3) is 0 Å². The number of hydrogen-bond donors (Lipinski definition) is 2. The van der Waals surface area contributed by atoms with Crippen LogP contribution in [0.3, 0.4) is 0 Å². The molecule has 0 bridgehead atoms. The average Bonchev–Trinajstić information content (AvgIpc) is 2.21. The topological polar surface area (TPSA) is 67.8 Å². The van der Waals surface area contributed by atoms with Gasteiger partial charge in [0, 0.05) is 5.02 Å².